The van der Waals surface area contributed by atoms with Gasteiger partial charge < -0.3 is 5.73 Å². The molecule has 2 aromatic heterocycles. The fourth-order valence-corrected chi connectivity index (χ4v) is 1.95. The van der Waals surface area contributed by atoms with Crippen molar-refractivity contribution in [2.45, 2.75) is 25.9 Å². The molecule has 15 heavy (non-hydrogen) atoms. The third-order valence-electron chi connectivity index (χ3n) is 2.20. The summed E-state index contributed by atoms with van der Waals surface area (Å²) in [6.07, 6.45) is 2.81. The zero-order valence-electron chi connectivity index (χ0n) is 8.50. The van der Waals surface area contributed by atoms with Crippen LogP contribution in [0.4, 0.5) is 0 Å². The molecule has 5 nitrogen and oxygen atoms in total. The lowest BCUT2D eigenvalue weighted by Gasteiger charge is -2.10. The van der Waals surface area contributed by atoms with E-state index in [1.54, 1.807) is 6.20 Å². The molecule has 0 fully saturated rings. The third kappa shape index (κ3) is 2.05. The molecule has 0 bridgehead atoms. The molecule has 0 aliphatic heterocycles. The molecule has 0 radical (unpaired) electrons. The Balaban J connectivity index is 2.25. The summed E-state index contributed by atoms with van der Waals surface area (Å²) in [7, 11) is 0. The van der Waals surface area contributed by atoms with Crippen LogP contribution in [0.5, 0.6) is 0 Å². The average molecular weight is 223 g/mol. The SMILES string of the molecule is CCCn1nccc1C(N)c1csnn1. The Bertz CT molecular complexity index is 408. The molecule has 2 heterocycles. The van der Waals surface area contributed by atoms with Gasteiger partial charge in [0.1, 0.15) is 0 Å². The van der Waals surface area contributed by atoms with E-state index in [9.17, 15) is 0 Å². The summed E-state index contributed by atoms with van der Waals surface area (Å²) in [6.45, 7) is 3.00. The molecule has 80 valence electrons. The second-order valence-corrected chi connectivity index (χ2v) is 3.90. The molecule has 1 atom stereocenters. The first-order valence-corrected chi connectivity index (χ1v) is 5.70. The van der Waals surface area contributed by atoms with Crippen LogP contribution in [0, 0.1) is 0 Å². The number of nitrogens with zero attached hydrogens (tertiary/aromatic N) is 4. The maximum Gasteiger partial charge on any atom is 0.0983 e. The van der Waals surface area contributed by atoms with Gasteiger partial charge in [-0.1, -0.05) is 11.4 Å². The molecule has 0 amide bonds. The van der Waals surface area contributed by atoms with Crippen molar-refractivity contribution in [2.75, 3.05) is 0 Å². The standard InChI is InChI=1S/C9H13N5S/c1-2-5-14-8(3-4-11-14)9(10)7-6-15-13-12-7/h3-4,6,9H,2,5,10H2,1H3. The lowest BCUT2D eigenvalue weighted by molar-refractivity contribution is 0.556. The first-order chi connectivity index (χ1) is 7.33. The minimum Gasteiger partial charge on any atom is -0.318 e. The van der Waals surface area contributed by atoms with Gasteiger partial charge in [0.05, 0.1) is 17.4 Å². The molecule has 0 saturated heterocycles. The lowest BCUT2D eigenvalue weighted by atomic mass is 10.2. The van der Waals surface area contributed by atoms with E-state index in [4.69, 9.17) is 5.73 Å². The van der Waals surface area contributed by atoms with Crippen molar-refractivity contribution in [3.8, 4) is 0 Å². The second-order valence-electron chi connectivity index (χ2n) is 3.29. The largest absolute Gasteiger partial charge is 0.318 e. The summed E-state index contributed by atoms with van der Waals surface area (Å²) >= 11 is 1.31. The van der Waals surface area contributed by atoms with Gasteiger partial charge in [-0.05, 0) is 24.0 Å². The predicted molar refractivity (Wildman–Crippen MR) is 58.5 cm³/mol. The van der Waals surface area contributed by atoms with E-state index in [-0.39, 0.29) is 6.04 Å². The van der Waals surface area contributed by atoms with E-state index in [0.717, 1.165) is 24.4 Å². The molecular weight excluding hydrogens is 210 g/mol. The summed E-state index contributed by atoms with van der Waals surface area (Å²) < 4.78 is 5.73. The van der Waals surface area contributed by atoms with Crippen LogP contribution in [0.2, 0.25) is 0 Å². The Hall–Kier alpha value is -1.27. The Kier molecular flexibility index (Phi) is 3.08. The number of rotatable bonds is 4. The molecule has 6 heteroatoms. The summed E-state index contributed by atoms with van der Waals surface area (Å²) in [4.78, 5) is 0. The van der Waals surface area contributed by atoms with E-state index < -0.39 is 0 Å². The molecule has 2 rings (SSSR count). The number of nitrogens with two attached hydrogens (primary N) is 1. The van der Waals surface area contributed by atoms with Crippen LogP contribution < -0.4 is 5.73 Å². The van der Waals surface area contributed by atoms with Gasteiger partial charge in [0.15, 0.2) is 0 Å². The predicted octanol–water partition coefficient (Wildman–Crippen LogP) is 1.19. The van der Waals surface area contributed by atoms with E-state index >= 15 is 0 Å². The molecule has 0 aliphatic carbocycles. The van der Waals surface area contributed by atoms with Gasteiger partial charge in [-0.15, -0.1) is 5.10 Å². The van der Waals surface area contributed by atoms with Gasteiger partial charge in [0, 0.05) is 18.1 Å². The van der Waals surface area contributed by atoms with Crippen LogP contribution in [0.1, 0.15) is 30.8 Å². The molecule has 2 N–H and O–H groups in total. The lowest BCUT2D eigenvalue weighted by Crippen LogP contribution is -2.18. The smallest absolute Gasteiger partial charge is 0.0983 e. The Morgan fingerprint density at radius 2 is 2.47 bits per heavy atom. The zero-order valence-corrected chi connectivity index (χ0v) is 9.31. The van der Waals surface area contributed by atoms with Gasteiger partial charge >= 0.3 is 0 Å². The average Bonchev–Trinajstić information content (AvgIpc) is 2.87. The zero-order chi connectivity index (χ0) is 10.7. The van der Waals surface area contributed by atoms with Gasteiger partial charge in [-0.3, -0.25) is 4.68 Å². The monoisotopic (exact) mass is 223 g/mol. The Morgan fingerprint density at radius 3 is 3.13 bits per heavy atom. The minimum absolute atomic E-state index is 0.224. The maximum absolute atomic E-state index is 6.08. The van der Waals surface area contributed by atoms with Crippen LogP contribution in [-0.4, -0.2) is 19.4 Å². The molecule has 0 spiro atoms. The Morgan fingerprint density at radius 1 is 1.60 bits per heavy atom. The molecule has 0 saturated carbocycles. The van der Waals surface area contributed by atoms with Crippen LogP contribution in [-0.2, 0) is 6.54 Å². The van der Waals surface area contributed by atoms with Gasteiger partial charge in [0.2, 0.25) is 0 Å². The van der Waals surface area contributed by atoms with Crippen LogP contribution in [0.3, 0.4) is 0 Å². The summed E-state index contributed by atoms with van der Waals surface area (Å²) in [5, 5.41) is 10.1. The summed E-state index contributed by atoms with van der Waals surface area (Å²) in [5.41, 5.74) is 7.87. The van der Waals surface area contributed by atoms with E-state index in [2.05, 4.69) is 21.6 Å². The van der Waals surface area contributed by atoms with E-state index in [1.807, 2.05) is 16.1 Å². The highest BCUT2D eigenvalue weighted by Gasteiger charge is 2.15. The van der Waals surface area contributed by atoms with E-state index in [1.165, 1.54) is 11.5 Å². The van der Waals surface area contributed by atoms with Crippen molar-refractivity contribution < 1.29 is 0 Å². The van der Waals surface area contributed by atoms with Crippen molar-refractivity contribution in [1.29, 1.82) is 0 Å². The van der Waals surface area contributed by atoms with Crippen LogP contribution in [0.25, 0.3) is 0 Å². The molecule has 1 unspecified atom stereocenters. The maximum atomic E-state index is 6.08. The molecule has 0 aromatic carbocycles. The van der Waals surface area contributed by atoms with E-state index in [0.29, 0.717) is 0 Å². The molecule has 2 aromatic rings. The van der Waals surface area contributed by atoms with Crippen molar-refractivity contribution in [3.05, 3.63) is 29.0 Å². The highest BCUT2D eigenvalue weighted by Crippen LogP contribution is 2.17. The highest BCUT2D eigenvalue weighted by molar-refractivity contribution is 7.03. The Labute approximate surface area is 92.1 Å². The van der Waals surface area contributed by atoms with Gasteiger partial charge in [0.25, 0.3) is 0 Å². The van der Waals surface area contributed by atoms with Crippen molar-refractivity contribution >= 4 is 11.5 Å². The minimum atomic E-state index is -0.224. The van der Waals surface area contributed by atoms with Crippen LogP contribution >= 0.6 is 11.5 Å². The third-order valence-corrected chi connectivity index (χ3v) is 2.72. The first-order valence-electron chi connectivity index (χ1n) is 4.87. The fourth-order valence-electron chi connectivity index (χ4n) is 1.46. The first kappa shape index (κ1) is 10.3. The fraction of sp³-hybridized carbons (Fsp3) is 0.444. The van der Waals surface area contributed by atoms with Crippen molar-refractivity contribution in [2.24, 2.45) is 5.73 Å². The number of hydrogen-bond donors (Lipinski definition) is 1. The van der Waals surface area contributed by atoms with Crippen molar-refractivity contribution in [3.63, 3.8) is 0 Å². The summed E-state index contributed by atoms with van der Waals surface area (Å²) in [6, 6.07) is 1.71. The number of aromatic nitrogens is 4. The van der Waals surface area contributed by atoms with Crippen LogP contribution in [0.15, 0.2) is 17.6 Å². The summed E-state index contributed by atoms with van der Waals surface area (Å²) in [5.74, 6) is 0. The number of aryl methyl sites for hydroxylation is 1. The second kappa shape index (κ2) is 4.50. The molecular formula is C9H13N5S. The number of hydrogen-bond acceptors (Lipinski definition) is 5. The quantitative estimate of drug-likeness (QED) is 0.845. The molecule has 0 aliphatic rings. The van der Waals surface area contributed by atoms with Gasteiger partial charge in [-0.2, -0.15) is 5.10 Å². The van der Waals surface area contributed by atoms with Gasteiger partial charge in [-0.25, -0.2) is 0 Å². The highest BCUT2D eigenvalue weighted by atomic mass is 32.1. The van der Waals surface area contributed by atoms with Crippen molar-refractivity contribution in [1.82, 2.24) is 19.4 Å². The normalized spacial score (nSPS) is 12.9. The topological polar surface area (TPSA) is 69.6 Å².